The standard InChI is InChI=1S/C25H30O8/c1-8-10(2)21(26)31-19-15-11(3)9-14(29-23(28)24(6)13(5)32-24)16-12(4)22(27)30-18(16)17(15)25(7)20(19)33-25/h8,13-14,16-20H,4,9H2,1-3,5-7H3. The van der Waals surface area contributed by atoms with Crippen LogP contribution in [0.5, 0.6) is 0 Å². The van der Waals surface area contributed by atoms with E-state index in [0.717, 1.165) is 11.1 Å². The van der Waals surface area contributed by atoms with Gasteiger partial charge in [-0.3, -0.25) is 0 Å². The maximum atomic E-state index is 12.9. The molecule has 3 saturated heterocycles. The molecule has 0 radical (unpaired) electrons. The maximum absolute atomic E-state index is 12.9. The molecule has 5 aliphatic rings. The Morgan fingerprint density at radius 2 is 1.88 bits per heavy atom. The molecule has 9 atom stereocenters. The molecule has 0 bridgehead atoms. The van der Waals surface area contributed by atoms with Gasteiger partial charge in [0.15, 0.2) is 11.7 Å². The third-order valence-corrected chi connectivity index (χ3v) is 8.21. The number of carbonyl (C=O) groups excluding carboxylic acids is 3. The highest BCUT2D eigenvalue weighted by Crippen LogP contribution is 2.63. The minimum absolute atomic E-state index is 0.228. The molecule has 9 unspecified atom stereocenters. The third kappa shape index (κ3) is 3.06. The fourth-order valence-electron chi connectivity index (χ4n) is 5.75. The van der Waals surface area contributed by atoms with Gasteiger partial charge in [-0.25, -0.2) is 14.4 Å². The second-order valence-electron chi connectivity index (χ2n) is 10.2. The SMILES string of the molecule is C=C1C(=O)OC2C1C(OC(=O)C1(C)OC1C)CC(C)=C1C(OC(=O)C(C)=CC)C3OC3(C)C12. The number of fused-ring (bicyclic) bond motifs is 5. The Labute approximate surface area is 192 Å². The van der Waals surface area contributed by atoms with E-state index in [9.17, 15) is 14.4 Å². The molecular weight excluding hydrogens is 428 g/mol. The van der Waals surface area contributed by atoms with Crippen molar-refractivity contribution in [3.8, 4) is 0 Å². The molecule has 0 spiro atoms. The van der Waals surface area contributed by atoms with Gasteiger partial charge < -0.3 is 23.7 Å². The molecule has 2 aliphatic carbocycles. The van der Waals surface area contributed by atoms with Crippen molar-refractivity contribution in [3.05, 3.63) is 34.9 Å². The minimum atomic E-state index is -0.984. The van der Waals surface area contributed by atoms with Crippen LogP contribution in [0.2, 0.25) is 0 Å². The van der Waals surface area contributed by atoms with Crippen molar-refractivity contribution in [1.82, 2.24) is 0 Å². The number of allylic oxidation sites excluding steroid dienone is 1. The number of epoxide rings is 2. The molecule has 33 heavy (non-hydrogen) atoms. The van der Waals surface area contributed by atoms with Crippen LogP contribution in [-0.4, -0.2) is 59.6 Å². The lowest BCUT2D eigenvalue weighted by Gasteiger charge is -2.30. The number of esters is 3. The number of ether oxygens (including phenoxy) is 5. The lowest BCUT2D eigenvalue weighted by molar-refractivity contribution is -0.159. The highest BCUT2D eigenvalue weighted by Gasteiger charge is 2.75. The van der Waals surface area contributed by atoms with E-state index in [2.05, 4.69) is 6.58 Å². The first-order valence-corrected chi connectivity index (χ1v) is 11.4. The molecule has 1 saturated carbocycles. The number of carbonyl (C=O) groups is 3. The van der Waals surface area contributed by atoms with Crippen molar-refractivity contribution in [1.29, 1.82) is 0 Å². The van der Waals surface area contributed by atoms with Crippen molar-refractivity contribution in [3.63, 3.8) is 0 Å². The van der Waals surface area contributed by atoms with Gasteiger partial charge in [0.25, 0.3) is 0 Å². The van der Waals surface area contributed by atoms with Crippen LogP contribution >= 0.6 is 0 Å². The van der Waals surface area contributed by atoms with E-state index in [4.69, 9.17) is 23.7 Å². The lowest BCUT2D eigenvalue weighted by Crippen LogP contribution is -2.41. The van der Waals surface area contributed by atoms with E-state index in [1.165, 1.54) is 0 Å². The molecule has 0 amide bonds. The van der Waals surface area contributed by atoms with Crippen LogP contribution in [0.1, 0.15) is 48.0 Å². The zero-order valence-corrected chi connectivity index (χ0v) is 19.8. The zero-order chi connectivity index (χ0) is 24.0. The van der Waals surface area contributed by atoms with E-state index in [1.54, 1.807) is 26.8 Å². The van der Waals surface area contributed by atoms with E-state index in [0.29, 0.717) is 12.0 Å². The molecule has 0 N–H and O–H groups in total. The summed E-state index contributed by atoms with van der Waals surface area (Å²) in [5.74, 6) is -2.22. The second-order valence-corrected chi connectivity index (χ2v) is 10.2. The van der Waals surface area contributed by atoms with E-state index in [-0.39, 0.29) is 23.7 Å². The maximum Gasteiger partial charge on any atom is 0.341 e. The largest absolute Gasteiger partial charge is 0.459 e. The van der Waals surface area contributed by atoms with Crippen LogP contribution in [0.4, 0.5) is 0 Å². The molecule has 178 valence electrons. The molecule has 4 fully saturated rings. The summed E-state index contributed by atoms with van der Waals surface area (Å²) >= 11 is 0. The van der Waals surface area contributed by atoms with Gasteiger partial charge in [0, 0.05) is 17.6 Å². The number of hydrogen-bond donors (Lipinski definition) is 0. The molecule has 8 nitrogen and oxygen atoms in total. The summed E-state index contributed by atoms with van der Waals surface area (Å²) in [6, 6.07) is 0. The van der Waals surface area contributed by atoms with Crippen molar-refractivity contribution in [2.75, 3.05) is 0 Å². The Morgan fingerprint density at radius 3 is 2.48 bits per heavy atom. The molecule has 0 aromatic carbocycles. The summed E-state index contributed by atoms with van der Waals surface area (Å²) in [7, 11) is 0. The van der Waals surface area contributed by atoms with Gasteiger partial charge in [0.1, 0.15) is 23.9 Å². The predicted molar refractivity (Wildman–Crippen MR) is 115 cm³/mol. The van der Waals surface area contributed by atoms with Gasteiger partial charge in [-0.1, -0.05) is 18.2 Å². The molecule has 3 heterocycles. The Kier molecular flexibility index (Phi) is 4.76. The second kappa shape index (κ2) is 7.03. The number of rotatable bonds is 4. The summed E-state index contributed by atoms with van der Waals surface area (Å²) in [6.07, 6.45) is -0.329. The normalized spacial score (nSPS) is 45.5. The molecule has 0 aromatic heterocycles. The van der Waals surface area contributed by atoms with E-state index in [1.807, 2.05) is 20.8 Å². The van der Waals surface area contributed by atoms with Crippen molar-refractivity contribution in [2.24, 2.45) is 11.8 Å². The number of hydrogen-bond acceptors (Lipinski definition) is 8. The summed E-state index contributed by atoms with van der Waals surface area (Å²) in [5, 5.41) is 0. The average molecular weight is 459 g/mol. The summed E-state index contributed by atoms with van der Waals surface area (Å²) < 4.78 is 29.1. The van der Waals surface area contributed by atoms with Crippen molar-refractivity contribution in [2.45, 2.75) is 89.7 Å². The smallest absolute Gasteiger partial charge is 0.341 e. The van der Waals surface area contributed by atoms with Gasteiger partial charge in [-0.05, 0) is 47.1 Å². The first-order chi connectivity index (χ1) is 15.4. The summed E-state index contributed by atoms with van der Waals surface area (Å²) in [6.45, 7) is 14.8. The molecule has 0 aromatic rings. The summed E-state index contributed by atoms with van der Waals surface area (Å²) in [5.41, 5.74) is 1.00. The van der Waals surface area contributed by atoms with Crippen molar-refractivity contribution < 1.29 is 38.1 Å². The average Bonchev–Trinajstić information content (AvgIpc) is 3.56. The lowest BCUT2D eigenvalue weighted by atomic mass is 9.80. The fraction of sp³-hybridized carbons (Fsp3) is 0.640. The molecular formula is C25H30O8. The molecule has 8 heteroatoms. The Morgan fingerprint density at radius 1 is 1.21 bits per heavy atom. The Hall–Kier alpha value is -2.45. The van der Waals surface area contributed by atoms with Crippen LogP contribution in [-0.2, 0) is 38.1 Å². The Balaban J connectivity index is 1.52. The van der Waals surface area contributed by atoms with Crippen LogP contribution in [0, 0.1) is 11.8 Å². The van der Waals surface area contributed by atoms with E-state index >= 15 is 0 Å². The quantitative estimate of drug-likeness (QED) is 0.208. The highest BCUT2D eigenvalue weighted by molar-refractivity contribution is 5.92. The van der Waals surface area contributed by atoms with Crippen LogP contribution < -0.4 is 0 Å². The van der Waals surface area contributed by atoms with Gasteiger partial charge in [-0.15, -0.1) is 0 Å². The van der Waals surface area contributed by atoms with Crippen LogP contribution in [0.3, 0.4) is 0 Å². The first kappa shape index (κ1) is 22.3. The van der Waals surface area contributed by atoms with E-state index < -0.39 is 53.3 Å². The summed E-state index contributed by atoms with van der Waals surface area (Å²) in [4.78, 5) is 38.1. The molecule has 5 rings (SSSR count). The van der Waals surface area contributed by atoms with Crippen LogP contribution in [0.15, 0.2) is 34.9 Å². The topological polar surface area (TPSA) is 104 Å². The minimum Gasteiger partial charge on any atom is -0.459 e. The zero-order valence-electron chi connectivity index (χ0n) is 19.8. The first-order valence-electron chi connectivity index (χ1n) is 11.4. The highest BCUT2D eigenvalue weighted by atomic mass is 16.7. The fourth-order valence-corrected chi connectivity index (χ4v) is 5.75. The van der Waals surface area contributed by atoms with Gasteiger partial charge >= 0.3 is 17.9 Å². The molecule has 3 aliphatic heterocycles. The van der Waals surface area contributed by atoms with Gasteiger partial charge in [0.05, 0.1) is 17.9 Å². The monoisotopic (exact) mass is 458 g/mol. The predicted octanol–water partition coefficient (Wildman–Crippen LogP) is 2.56. The van der Waals surface area contributed by atoms with Gasteiger partial charge in [-0.2, -0.15) is 0 Å². The Bertz CT molecular complexity index is 1040. The third-order valence-electron chi connectivity index (χ3n) is 8.21. The van der Waals surface area contributed by atoms with Gasteiger partial charge in [0.2, 0.25) is 0 Å². The van der Waals surface area contributed by atoms with Crippen molar-refractivity contribution >= 4 is 17.9 Å². The van der Waals surface area contributed by atoms with Crippen LogP contribution in [0.25, 0.3) is 0 Å².